The highest BCUT2D eigenvalue weighted by atomic mass is 32.2. The Morgan fingerprint density at radius 3 is 2.73 bits per heavy atom. The van der Waals surface area contributed by atoms with E-state index in [9.17, 15) is 0 Å². The molecular weight excluding hydrogens is 156 g/mol. The highest BCUT2D eigenvalue weighted by Crippen LogP contribution is 2.13. The first kappa shape index (κ1) is 8.53. The molecule has 0 radical (unpaired) electrons. The third-order valence-corrected chi connectivity index (χ3v) is 2.02. The van der Waals surface area contributed by atoms with Crippen LogP contribution < -0.4 is 0 Å². The van der Waals surface area contributed by atoms with Crippen molar-refractivity contribution in [3.63, 3.8) is 0 Å². The van der Waals surface area contributed by atoms with Crippen LogP contribution in [0.2, 0.25) is 0 Å². The molecule has 0 aromatic carbocycles. The smallest absolute Gasteiger partial charge is 0.132 e. The molecule has 1 rings (SSSR count). The standard InChI is InChI=1S/C8H12N2S/c1-6(2)8-9-5-4-7(10-8)11-3/h4-6H,1-3H3. The summed E-state index contributed by atoms with van der Waals surface area (Å²) in [7, 11) is 0. The molecular formula is C8H12N2S. The van der Waals surface area contributed by atoms with Crippen molar-refractivity contribution in [1.82, 2.24) is 9.97 Å². The van der Waals surface area contributed by atoms with E-state index in [4.69, 9.17) is 0 Å². The summed E-state index contributed by atoms with van der Waals surface area (Å²) in [5.41, 5.74) is 0. The summed E-state index contributed by atoms with van der Waals surface area (Å²) in [6, 6.07) is 1.93. The van der Waals surface area contributed by atoms with Gasteiger partial charge < -0.3 is 0 Å². The van der Waals surface area contributed by atoms with Gasteiger partial charge >= 0.3 is 0 Å². The first-order valence-corrected chi connectivity index (χ1v) is 4.83. The first-order chi connectivity index (χ1) is 5.24. The van der Waals surface area contributed by atoms with Crippen molar-refractivity contribution in [2.45, 2.75) is 24.8 Å². The average molecular weight is 168 g/mol. The third kappa shape index (κ3) is 2.19. The van der Waals surface area contributed by atoms with Crippen molar-refractivity contribution < 1.29 is 0 Å². The Morgan fingerprint density at radius 1 is 1.45 bits per heavy atom. The van der Waals surface area contributed by atoms with E-state index >= 15 is 0 Å². The highest BCUT2D eigenvalue weighted by molar-refractivity contribution is 7.98. The van der Waals surface area contributed by atoms with Gasteiger partial charge in [0.25, 0.3) is 0 Å². The fourth-order valence-electron chi connectivity index (χ4n) is 0.748. The summed E-state index contributed by atoms with van der Waals surface area (Å²) in [6.45, 7) is 4.19. The minimum absolute atomic E-state index is 0.419. The van der Waals surface area contributed by atoms with Crippen molar-refractivity contribution in [3.8, 4) is 0 Å². The van der Waals surface area contributed by atoms with E-state index in [0.717, 1.165) is 10.9 Å². The molecule has 11 heavy (non-hydrogen) atoms. The molecule has 0 atom stereocenters. The van der Waals surface area contributed by atoms with E-state index in [1.54, 1.807) is 11.8 Å². The van der Waals surface area contributed by atoms with E-state index in [1.807, 2.05) is 18.5 Å². The zero-order chi connectivity index (χ0) is 8.27. The molecule has 1 aromatic rings. The normalized spacial score (nSPS) is 10.5. The molecule has 0 N–H and O–H groups in total. The minimum atomic E-state index is 0.419. The van der Waals surface area contributed by atoms with Crippen LogP contribution in [0.1, 0.15) is 25.6 Å². The van der Waals surface area contributed by atoms with Gasteiger partial charge in [0.2, 0.25) is 0 Å². The van der Waals surface area contributed by atoms with Gasteiger partial charge in [-0.1, -0.05) is 13.8 Å². The van der Waals surface area contributed by atoms with E-state index in [1.165, 1.54) is 0 Å². The van der Waals surface area contributed by atoms with Gasteiger partial charge in [0.1, 0.15) is 5.82 Å². The lowest BCUT2D eigenvalue weighted by Gasteiger charge is -2.02. The first-order valence-electron chi connectivity index (χ1n) is 3.61. The van der Waals surface area contributed by atoms with Gasteiger partial charge in [-0.25, -0.2) is 9.97 Å². The SMILES string of the molecule is CSc1ccnc(C(C)C)n1. The number of thioether (sulfide) groups is 1. The van der Waals surface area contributed by atoms with Gasteiger partial charge in [-0.3, -0.25) is 0 Å². The monoisotopic (exact) mass is 168 g/mol. The Balaban J connectivity index is 2.91. The summed E-state index contributed by atoms with van der Waals surface area (Å²) >= 11 is 1.65. The molecule has 0 aliphatic rings. The van der Waals surface area contributed by atoms with Crippen LogP contribution in [0.4, 0.5) is 0 Å². The van der Waals surface area contributed by atoms with Gasteiger partial charge in [0, 0.05) is 12.1 Å². The molecule has 0 amide bonds. The quantitative estimate of drug-likeness (QED) is 0.500. The van der Waals surface area contributed by atoms with Crippen LogP contribution in [-0.4, -0.2) is 16.2 Å². The fourth-order valence-corrected chi connectivity index (χ4v) is 1.13. The minimum Gasteiger partial charge on any atom is -0.241 e. The summed E-state index contributed by atoms with van der Waals surface area (Å²) in [6.07, 6.45) is 3.83. The van der Waals surface area contributed by atoms with Crippen molar-refractivity contribution in [2.75, 3.05) is 6.26 Å². The molecule has 0 spiro atoms. The summed E-state index contributed by atoms with van der Waals surface area (Å²) in [5.74, 6) is 1.35. The topological polar surface area (TPSA) is 25.8 Å². The molecule has 2 nitrogen and oxygen atoms in total. The van der Waals surface area contributed by atoms with Gasteiger partial charge in [-0.05, 0) is 12.3 Å². The molecule has 1 aromatic heterocycles. The molecule has 0 saturated carbocycles. The van der Waals surface area contributed by atoms with Crippen LogP contribution in [0.15, 0.2) is 17.3 Å². The van der Waals surface area contributed by atoms with Gasteiger partial charge in [-0.15, -0.1) is 11.8 Å². The highest BCUT2D eigenvalue weighted by Gasteiger charge is 2.01. The number of hydrogen-bond acceptors (Lipinski definition) is 3. The number of rotatable bonds is 2. The molecule has 0 saturated heterocycles. The van der Waals surface area contributed by atoms with Crippen molar-refractivity contribution >= 4 is 11.8 Å². The van der Waals surface area contributed by atoms with E-state index in [0.29, 0.717) is 5.92 Å². The maximum absolute atomic E-state index is 4.34. The second-order valence-electron chi connectivity index (χ2n) is 2.61. The van der Waals surface area contributed by atoms with Crippen LogP contribution in [-0.2, 0) is 0 Å². The molecule has 1 heterocycles. The predicted molar refractivity (Wildman–Crippen MR) is 47.9 cm³/mol. The molecule has 0 bridgehead atoms. The van der Waals surface area contributed by atoms with Crippen LogP contribution in [0, 0.1) is 0 Å². The van der Waals surface area contributed by atoms with Crippen LogP contribution in [0.3, 0.4) is 0 Å². The lowest BCUT2D eigenvalue weighted by molar-refractivity contribution is 0.753. The fraction of sp³-hybridized carbons (Fsp3) is 0.500. The second-order valence-corrected chi connectivity index (χ2v) is 3.44. The lowest BCUT2D eigenvalue weighted by Crippen LogP contribution is -1.96. The summed E-state index contributed by atoms with van der Waals surface area (Å²) < 4.78 is 0. The van der Waals surface area contributed by atoms with E-state index < -0.39 is 0 Å². The molecule has 0 fully saturated rings. The maximum Gasteiger partial charge on any atom is 0.132 e. The second kappa shape index (κ2) is 3.72. The van der Waals surface area contributed by atoms with Crippen LogP contribution in [0.25, 0.3) is 0 Å². The molecule has 60 valence electrons. The van der Waals surface area contributed by atoms with E-state index in [2.05, 4.69) is 23.8 Å². The molecule has 0 aliphatic carbocycles. The van der Waals surface area contributed by atoms with Crippen molar-refractivity contribution in [1.29, 1.82) is 0 Å². The number of aromatic nitrogens is 2. The Kier molecular flexibility index (Phi) is 2.88. The van der Waals surface area contributed by atoms with Crippen LogP contribution in [0.5, 0.6) is 0 Å². The zero-order valence-electron chi connectivity index (χ0n) is 7.03. The van der Waals surface area contributed by atoms with Gasteiger partial charge in [-0.2, -0.15) is 0 Å². The average Bonchev–Trinajstić information content (AvgIpc) is 2.05. The Hall–Kier alpha value is -0.570. The van der Waals surface area contributed by atoms with E-state index in [-0.39, 0.29) is 0 Å². The Morgan fingerprint density at radius 2 is 2.18 bits per heavy atom. The van der Waals surface area contributed by atoms with Crippen molar-refractivity contribution in [3.05, 3.63) is 18.1 Å². The maximum atomic E-state index is 4.34. The third-order valence-electron chi connectivity index (χ3n) is 1.37. The summed E-state index contributed by atoms with van der Waals surface area (Å²) in [4.78, 5) is 8.50. The van der Waals surface area contributed by atoms with Crippen molar-refractivity contribution in [2.24, 2.45) is 0 Å². The largest absolute Gasteiger partial charge is 0.241 e. The number of hydrogen-bond donors (Lipinski definition) is 0. The molecule has 3 heteroatoms. The number of nitrogens with zero attached hydrogens (tertiary/aromatic N) is 2. The van der Waals surface area contributed by atoms with Gasteiger partial charge in [0.15, 0.2) is 0 Å². The van der Waals surface area contributed by atoms with Crippen LogP contribution >= 0.6 is 11.8 Å². The Bertz CT molecular complexity index is 235. The van der Waals surface area contributed by atoms with Gasteiger partial charge in [0.05, 0.1) is 5.03 Å². The summed E-state index contributed by atoms with van der Waals surface area (Å²) in [5, 5.41) is 1.05. The predicted octanol–water partition coefficient (Wildman–Crippen LogP) is 2.32. The lowest BCUT2D eigenvalue weighted by atomic mass is 10.2. The molecule has 0 aliphatic heterocycles. The molecule has 0 unspecified atom stereocenters. The zero-order valence-corrected chi connectivity index (χ0v) is 7.85. The Labute approximate surface area is 71.5 Å².